The van der Waals surface area contributed by atoms with Crippen LogP contribution >= 0.6 is 23.2 Å². The molecule has 0 atom stereocenters. The zero-order chi connectivity index (χ0) is 13.1. The summed E-state index contributed by atoms with van der Waals surface area (Å²) in [5, 5.41) is 14.3. The van der Waals surface area contributed by atoms with Gasteiger partial charge in [-0.25, -0.2) is 4.98 Å². The summed E-state index contributed by atoms with van der Waals surface area (Å²) >= 11 is 11.6. The quantitative estimate of drug-likeness (QED) is 0.518. The van der Waals surface area contributed by atoms with Crippen molar-refractivity contribution in [1.29, 1.82) is 0 Å². The zero-order valence-corrected chi connectivity index (χ0v) is 11.2. The Kier molecular flexibility index (Phi) is 4.24. The van der Waals surface area contributed by atoms with E-state index < -0.39 is 4.92 Å². The van der Waals surface area contributed by atoms with Crippen LogP contribution in [-0.2, 0) is 0 Å². The Balaban J connectivity index is 2.27. The molecule has 1 aromatic heterocycles. The first-order valence-corrected chi connectivity index (χ1v) is 6.60. The third-order valence-electron chi connectivity index (χ3n) is 3.04. The van der Waals surface area contributed by atoms with E-state index in [-0.39, 0.29) is 27.7 Å². The van der Waals surface area contributed by atoms with Crippen LogP contribution in [0.5, 0.6) is 0 Å². The molecule has 0 aliphatic heterocycles. The van der Waals surface area contributed by atoms with Crippen LogP contribution < -0.4 is 5.32 Å². The lowest BCUT2D eigenvalue weighted by molar-refractivity contribution is -0.384. The van der Waals surface area contributed by atoms with Crippen LogP contribution in [-0.4, -0.2) is 15.9 Å². The first-order chi connectivity index (χ1) is 8.58. The molecule has 0 bridgehead atoms. The fourth-order valence-corrected chi connectivity index (χ4v) is 2.70. The van der Waals surface area contributed by atoms with Gasteiger partial charge < -0.3 is 5.32 Å². The number of anilines is 1. The van der Waals surface area contributed by atoms with Crippen LogP contribution in [0.1, 0.15) is 32.1 Å². The smallest absolute Gasteiger partial charge is 0.329 e. The molecule has 98 valence electrons. The number of hydrogen-bond donors (Lipinski definition) is 1. The lowest BCUT2D eigenvalue weighted by Crippen LogP contribution is -2.23. The van der Waals surface area contributed by atoms with Gasteiger partial charge in [0.1, 0.15) is 10.2 Å². The van der Waals surface area contributed by atoms with Crippen molar-refractivity contribution in [1.82, 2.24) is 4.98 Å². The number of hydrogen-bond acceptors (Lipinski definition) is 4. The van der Waals surface area contributed by atoms with E-state index in [4.69, 9.17) is 23.2 Å². The molecule has 1 aliphatic carbocycles. The molecule has 0 aromatic carbocycles. The summed E-state index contributed by atoms with van der Waals surface area (Å²) < 4.78 is 0. The summed E-state index contributed by atoms with van der Waals surface area (Å²) in [5.41, 5.74) is -0.202. The highest BCUT2D eigenvalue weighted by Crippen LogP contribution is 2.34. The average Bonchev–Trinajstić information content (AvgIpc) is 2.28. The summed E-state index contributed by atoms with van der Waals surface area (Å²) in [6, 6.07) is 1.49. The maximum atomic E-state index is 11.0. The first-order valence-electron chi connectivity index (χ1n) is 5.85. The fourth-order valence-electron chi connectivity index (χ4n) is 2.19. The van der Waals surface area contributed by atoms with Gasteiger partial charge in [0.25, 0.3) is 0 Å². The molecule has 1 heterocycles. The van der Waals surface area contributed by atoms with Gasteiger partial charge in [-0.3, -0.25) is 10.1 Å². The zero-order valence-electron chi connectivity index (χ0n) is 9.66. The Morgan fingerprint density at radius 2 is 2.00 bits per heavy atom. The molecule has 1 aliphatic rings. The van der Waals surface area contributed by atoms with Gasteiger partial charge in [0.2, 0.25) is 5.82 Å². The van der Waals surface area contributed by atoms with Crippen LogP contribution in [0.15, 0.2) is 6.07 Å². The van der Waals surface area contributed by atoms with E-state index in [0.29, 0.717) is 0 Å². The number of halogens is 2. The molecule has 1 saturated carbocycles. The monoisotopic (exact) mass is 289 g/mol. The van der Waals surface area contributed by atoms with Crippen LogP contribution in [0.2, 0.25) is 10.2 Å². The number of pyridine rings is 1. The third-order valence-corrected chi connectivity index (χ3v) is 3.53. The van der Waals surface area contributed by atoms with E-state index in [9.17, 15) is 10.1 Å². The van der Waals surface area contributed by atoms with Crippen LogP contribution in [0.25, 0.3) is 0 Å². The molecule has 7 heteroatoms. The Labute approximate surface area is 115 Å². The van der Waals surface area contributed by atoms with Crippen LogP contribution in [0, 0.1) is 10.1 Å². The van der Waals surface area contributed by atoms with Crippen LogP contribution in [0.3, 0.4) is 0 Å². The van der Waals surface area contributed by atoms with Crippen LogP contribution in [0.4, 0.5) is 11.5 Å². The maximum absolute atomic E-state index is 11.0. The molecule has 1 fully saturated rings. The molecule has 5 nitrogen and oxygen atoms in total. The highest BCUT2D eigenvalue weighted by atomic mass is 35.5. The molecule has 0 saturated heterocycles. The second-order valence-electron chi connectivity index (χ2n) is 4.36. The van der Waals surface area contributed by atoms with Crippen molar-refractivity contribution in [3.63, 3.8) is 0 Å². The van der Waals surface area contributed by atoms with E-state index >= 15 is 0 Å². The van der Waals surface area contributed by atoms with Crippen molar-refractivity contribution in [2.75, 3.05) is 5.32 Å². The van der Waals surface area contributed by atoms with E-state index in [2.05, 4.69) is 10.3 Å². The molecule has 2 rings (SSSR count). The van der Waals surface area contributed by atoms with Gasteiger partial charge in [0, 0.05) is 12.1 Å². The number of nitrogens with zero attached hydrogens (tertiary/aromatic N) is 2. The lowest BCUT2D eigenvalue weighted by atomic mass is 9.95. The molecule has 0 radical (unpaired) electrons. The predicted octanol–water partition coefficient (Wildman–Crippen LogP) is 4.04. The van der Waals surface area contributed by atoms with Crippen molar-refractivity contribution in [2.45, 2.75) is 38.1 Å². The van der Waals surface area contributed by atoms with Crippen molar-refractivity contribution in [3.05, 3.63) is 26.4 Å². The van der Waals surface area contributed by atoms with E-state index in [1.165, 1.54) is 12.5 Å². The largest absolute Gasteiger partial charge is 0.362 e. The summed E-state index contributed by atoms with van der Waals surface area (Å²) in [5.74, 6) is 0.171. The average molecular weight is 290 g/mol. The predicted molar refractivity (Wildman–Crippen MR) is 71.4 cm³/mol. The molecular weight excluding hydrogens is 277 g/mol. The van der Waals surface area contributed by atoms with E-state index in [1.807, 2.05) is 0 Å². The summed E-state index contributed by atoms with van der Waals surface area (Å²) in [6.45, 7) is 0. The Hall–Kier alpha value is -1.07. The van der Waals surface area contributed by atoms with E-state index in [1.54, 1.807) is 0 Å². The molecule has 1 N–H and O–H groups in total. The van der Waals surface area contributed by atoms with Gasteiger partial charge in [-0.15, -0.1) is 0 Å². The second-order valence-corrected chi connectivity index (χ2v) is 5.15. The lowest BCUT2D eigenvalue weighted by Gasteiger charge is -2.23. The third kappa shape index (κ3) is 3.03. The SMILES string of the molecule is O=[N+]([O-])c1c(Cl)cc(Cl)nc1NC1CCCCC1. The van der Waals surface area contributed by atoms with Gasteiger partial charge in [-0.2, -0.15) is 0 Å². The van der Waals surface area contributed by atoms with Gasteiger partial charge >= 0.3 is 5.69 Å². The van der Waals surface area contributed by atoms with Gasteiger partial charge in [0.05, 0.1) is 4.92 Å². The minimum atomic E-state index is -0.531. The minimum absolute atomic E-state index is 0.0123. The van der Waals surface area contributed by atoms with Crippen molar-refractivity contribution in [3.8, 4) is 0 Å². The van der Waals surface area contributed by atoms with Crippen molar-refractivity contribution < 1.29 is 4.92 Å². The summed E-state index contributed by atoms with van der Waals surface area (Å²) in [4.78, 5) is 14.4. The highest BCUT2D eigenvalue weighted by molar-refractivity contribution is 6.35. The first kappa shape index (κ1) is 13.4. The molecular formula is C11H13Cl2N3O2. The van der Waals surface area contributed by atoms with Gasteiger partial charge in [-0.1, -0.05) is 42.5 Å². The Bertz CT molecular complexity index is 462. The summed E-state index contributed by atoms with van der Waals surface area (Å²) in [6.07, 6.45) is 5.44. The normalized spacial score (nSPS) is 16.6. The molecule has 1 aromatic rings. The topological polar surface area (TPSA) is 68.1 Å². The Morgan fingerprint density at radius 1 is 1.33 bits per heavy atom. The van der Waals surface area contributed by atoms with Crippen molar-refractivity contribution >= 4 is 34.7 Å². The second kappa shape index (κ2) is 5.71. The number of rotatable bonds is 3. The highest BCUT2D eigenvalue weighted by Gasteiger charge is 2.24. The van der Waals surface area contributed by atoms with Crippen molar-refractivity contribution in [2.24, 2.45) is 0 Å². The van der Waals surface area contributed by atoms with Gasteiger partial charge in [0.15, 0.2) is 0 Å². The van der Waals surface area contributed by atoms with Gasteiger partial charge in [-0.05, 0) is 12.8 Å². The number of aromatic nitrogens is 1. The number of nitro groups is 1. The molecule has 0 spiro atoms. The maximum Gasteiger partial charge on any atom is 0.329 e. The molecule has 0 amide bonds. The minimum Gasteiger partial charge on any atom is -0.362 e. The molecule has 0 unspecified atom stereocenters. The standard InChI is InChI=1S/C11H13Cl2N3O2/c12-8-6-9(13)15-11(10(8)16(17)18)14-7-4-2-1-3-5-7/h6-7H,1-5H2,(H,14,15). The Morgan fingerprint density at radius 3 is 2.61 bits per heavy atom. The number of nitrogens with one attached hydrogen (secondary N) is 1. The van der Waals surface area contributed by atoms with E-state index in [0.717, 1.165) is 25.7 Å². The molecule has 18 heavy (non-hydrogen) atoms. The fraction of sp³-hybridized carbons (Fsp3) is 0.545. The summed E-state index contributed by atoms with van der Waals surface area (Å²) in [7, 11) is 0.